The summed E-state index contributed by atoms with van der Waals surface area (Å²) in [5.74, 6) is 0.629. The molecule has 4 rings (SSSR count). The van der Waals surface area contributed by atoms with Gasteiger partial charge in [0.05, 0.1) is 5.52 Å². The lowest BCUT2D eigenvalue weighted by Crippen LogP contribution is -1.97. The van der Waals surface area contributed by atoms with Gasteiger partial charge in [-0.3, -0.25) is 0 Å². The largest absolute Gasteiger partial charge is 0.249 e. The van der Waals surface area contributed by atoms with E-state index in [1.54, 1.807) is 12.3 Å². The van der Waals surface area contributed by atoms with E-state index in [2.05, 4.69) is 19.9 Å². The Morgan fingerprint density at radius 1 is 0.792 bits per heavy atom. The zero-order valence-electron chi connectivity index (χ0n) is 12.7. The summed E-state index contributed by atoms with van der Waals surface area (Å²) in [6, 6.07) is 17.5. The van der Waals surface area contributed by atoms with E-state index in [0.717, 1.165) is 27.9 Å². The van der Waals surface area contributed by atoms with Crippen molar-refractivity contribution in [1.82, 2.24) is 19.9 Å². The third-order valence-corrected chi connectivity index (χ3v) is 3.92. The fourth-order valence-corrected chi connectivity index (χ4v) is 2.63. The highest BCUT2D eigenvalue weighted by Gasteiger charge is 2.06. The van der Waals surface area contributed by atoms with Crippen LogP contribution in [-0.4, -0.2) is 19.9 Å². The molecule has 4 aromatic rings. The zero-order valence-corrected chi connectivity index (χ0v) is 13.5. The van der Waals surface area contributed by atoms with Crippen LogP contribution in [0.3, 0.4) is 0 Å². The van der Waals surface area contributed by atoms with Gasteiger partial charge in [-0.25, -0.2) is 19.9 Å². The number of aromatic nitrogens is 4. The van der Waals surface area contributed by atoms with Gasteiger partial charge >= 0.3 is 0 Å². The first-order valence-corrected chi connectivity index (χ1v) is 7.94. The Bertz CT molecular complexity index is 999. The average Bonchev–Trinajstić information content (AvgIpc) is 2.63. The molecule has 3 heterocycles. The molecule has 4 nitrogen and oxygen atoms in total. The third kappa shape index (κ3) is 3.09. The van der Waals surface area contributed by atoms with Crippen molar-refractivity contribution in [2.24, 2.45) is 0 Å². The van der Waals surface area contributed by atoms with E-state index in [1.807, 2.05) is 54.7 Å². The van der Waals surface area contributed by atoms with Crippen LogP contribution in [0, 0.1) is 0 Å². The van der Waals surface area contributed by atoms with Crippen molar-refractivity contribution >= 4 is 22.5 Å². The van der Waals surface area contributed by atoms with Crippen LogP contribution in [-0.2, 0) is 6.42 Å². The summed E-state index contributed by atoms with van der Waals surface area (Å²) in [6.07, 6.45) is 4.28. The van der Waals surface area contributed by atoms with Crippen LogP contribution in [0.15, 0.2) is 67.0 Å². The van der Waals surface area contributed by atoms with Crippen molar-refractivity contribution in [3.63, 3.8) is 0 Å². The smallest absolute Gasteiger partial charge is 0.178 e. The Balaban J connectivity index is 1.67. The third-order valence-electron chi connectivity index (χ3n) is 3.70. The molecular formula is C19H13ClN4. The summed E-state index contributed by atoms with van der Waals surface area (Å²) in [6.45, 7) is 0. The molecule has 0 saturated carbocycles. The zero-order chi connectivity index (χ0) is 16.4. The number of nitrogens with zero attached hydrogens (tertiary/aromatic N) is 4. The van der Waals surface area contributed by atoms with Gasteiger partial charge in [0.25, 0.3) is 0 Å². The number of pyridine rings is 2. The topological polar surface area (TPSA) is 51.6 Å². The molecule has 0 aliphatic rings. The summed E-state index contributed by atoms with van der Waals surface area (Å²) < 4.78 is 0. The minimum Gasteiger partial charge on any atom is -0.249 e. The van der Waals surface area contributed by atoms with Gasteiger partial charge in [0.1, 0.15) is 10.8 Å². The average molecular weight is 333 g/mol. The quantitative estimate of drug-likeness (QED) is 0.524. The van der Waals surface area contributed by atoms with Crippen molar-refractivity contribution in [3.8, 4) is 11.5 Å². The van der Waals surface area contributed by atoms with Crippen LogP contribution in [0.5, 0.6) is 0 Å². The second-order valence-electron chi connectivity index (χ2n) is 5.43. The van der Waals surface area contributed by atoms with E-state index < -0.39 is 0 Å². The molecule has 24 heavy (non-hydrogen) atoms. The predicted octanol–water partition coefficient (Wildman–Crippen LogP) is 4.33. The van der Waals surface area contributed by atoms with Gasteiger partial charge in [0.15, 0.2) is 5.82 Å². The fourth-order valence-electron chi connectivity index (χ4n) is 2.52. The number of benzene rings is 1. The standard InChI is InChI=1S/C19H13ClN4/c20-18-9-8-13(11-21-18)10-15-5-3-7-17(23-15)19-22-12-14-4-1-2-6-16(14)24-19/h1-9,11-12H,10H2. The Morgan fingerprint density at radius 3 is 2.58 bits per heavy atom. The van der Waals surface area contributed by atoms with E-state index in [-0.39, 0.29) is 0 Å². The number of fused-ring (bicyclic) bond motifs is 1. The number of hydrogen-bond donors (Lipinski definition) is 0. The molecule has 5 heteroatoms. The van der Waals surface area contributed by atoms with Gasteiger partial charge in [0, 0.05) is 29.9 Å². The van der Waals surface area contributed by atoms with Gasteiger partial charge in [0.2, 0.25) is 0 Å². The summed E-state index contributed by atoms with van der Waals surface area (Å²) in [7, 11) is 0. The first kappa shape index (κ1) is 14.7. The van der Waals surface area contributed by atoms with E-state index in [0.29, 0.717) is 17.4 Å². The molecule has 0 radical (unpaired) electrons. The molecule has 0 atom stereocenters. The maximum absolute atomic E-state index is 5.82. The predicted molar refractivity (Wildman–Crippen MR) is 94.8 cm³/mol. The SMILES string of the molecule is Clc1ccc(Cc2cccc(-c3ncc4ccccc4n3)n2)cn1. The lowest BCUT2D eigenvalue weighted by Gasteiger charge is -2.05. The fraction of sp³-hybridized carbons (Fsp3) is 0.0526. The summed E-state index contributed by atoms with van der Waals surface area (Å²) in [4.78, 5) is 17.8. The van der Waals surface area contributed by atoms with E-state index in [1.165, 1.54) is 0 Å². The summed E-state index contributed by atoms with van der Waals surface area (Å²) >= 11 is 5.82. The Kier molecular flexibility index (Phi) is 3.89. The second-order valence-corrected chi connectivity index (χ2v) is 5.82. The molecule has 116 valence electrons. The minimum absolute atomic E-state index is 0.491. The van der Waals surface area contributed by atoms with Crippen molar-refractivity contribution in [3.05, 3.63) is 83.4 Å². The first-order valence-electron chi connectivity index (χ1n) is 7.56. The van der Waals surface area contributed by atoms with Gasteiger partial charge < -0.3 is 0 Å². The molecule has 0 amide bonds. The number of hydrogen-bond acceptors (Lipinski definition) is 4. The highest BCUT2D eigenvalue weighted by atomic mass is 35.5. The highest BCUT2D eigenvalue weighted by Crippen LogP contribution is 2.18. The monoisotopic (exact) mass is 332 g/mol. The normalized spacial score (nSPS) is 10.9. The number of halogens is 1. The molecule has 0 N–H and O–H groups in total. The Hall–Kier alpha value is -2.85. The van der Waals surface area contributed by atoms with Crippen LogP contribution in [0.1, 0.15) is 11.3 Å². The van der Waals surface area contributed by atoms with E-state index >= 15 is 0 Å². The number of para-hydroxylation sites is 1. The van der Waals surface area contributed by atoms with Crippen molar-refractivity contribution < 1.29 is 0 Å². The van der Waals surface area contributed by atoms with Crippen LogP contribution >= 0.6 is 11.6 Å². The first-order chi connectivity index (χ1) is 11.8. The molecule has 3 aromatic heterocycles. The number of rotatable bonds is 3. The molecule has 0 spiro atoms. The second kappa shape index (κ2) is 6.34. The summed E-state index contributed by atoms with van der Waals surface area (Å²) in [5.41, 5.74) is 3.67. The lowest BCUT2D eigenvalue weighted by molar-refractivity contribution is 1.05. The van der Waals surface area contributed by atoms with Gasteiger partial charge in [-0.05, 0) is 29.8 Å². The van der Waals surface area contributed by atoms with Crippen LogP contribution < -0.4 is 0 Å². The summed E-state index contributed by atoms with van der Waals surface area (Å²) in [5, 5.41) is 1.51. The molecular weight excluding hydrogens is 320 g/mol. The molecule has 0 aliphatic heterocycles. The van der Waals surface area contributed by atoms with Gasteiger partial charge in [-0.1, -0.05) is 41.9 Å². The molecule has 1 aromatic carbocycles. The van der Waals surface area contributed by atoms with Crippen LogP contribution in [0.4, 0.5) is 0 Å². The molecule has 0 fully saturated rings. The van der Waals surface area contributed by atoms with Crippen LogP contribution in [0.25, 0.3) is 22.4 Å². The Labute approximate surface area is 144 Å². The molecule has 0 unspecified atom stereocenters. The molecule has 0 aliphatic carbocycles. The maximum Gasteiger partial charge on any atom is 0.178 e. The minimum atomic E-state index is 0.491. The van der Waals surface area contributed by atoms with Crippen molar-refractivity contribution in [1.29, 1.82) is 0 Å². The van der Waals surface area contributed by atoms with Crippen LogP contribution in [0.2, 0.25) is 5.15 Å². The highest BCUT2D eigenvalue weighted by molar-refractivity contribution is 6.29. The van der Waals surface area contributed by atoms with Crippen molar-refractivity contribution in [2.45, 2.75) is 6.42 Å². The van der Waals surface area contributed by atoms with E-state index in [9.17, 15) is 0 Å². The maximum atomic E-state index is 5.82. The van der Waals surface area contributed by atoms with Crippen molar-refractivity contribution in [2.75, 3.05) is 0 Å². The van der Waals surface area contributed by atoms with Gasteiger partial charge in [-0.15, -0.1) is 0 Å². The Morgan fingerprint density at radius 2 is 1.71 bits per heavy atom. The van der Waals surface area contributed by atoms with E-state index in [4.69, 9.17) is 11.6 Å². The molecule has 0 bridgehead atoms. The molecule has 0 saturated heterocycles. The lowest BCUT2D eigenvalue weighted by atomic mass is 10.1. The van der Waals surface area contributed by atoms with Gasteiger partial charge in [-0.2, -0.15) is 0 Å².